The molecule has 0 spiro atoms. The van der Waals surface area contributed by atoms with Gasteiger partial charge >= 0.3 is 6.36 Å². The summed E-state index contributed by atoms with van der Waals surface area (Å²) in [5, 5.41) is 12.6. The number of hydrogen-bond acceptors (Lipinski definition) is 6. The van der Waals surface area contributed by atoms with Gasteiger partial charge in [0.05, 0.1) is 12.6 Å². The van der Waals surface area contributed by atoms with Crippen LogP contribution in [0.5, 0.6) is 5.75 Å². The molecule has 0 saturated heterocycles. The Kier molecular flexibility index (Phi) is 5.93. The number of anilines is 2. The molecule has 0 fully saturated rings. The van der Waals surface area contributed by atoms with Crippen molar-refractivity contribution in [3.63, 3.8) is 0 Å². The second kappa shape index (κ2) is 8.22. The minimum absolute atomic E-state index is 0.0374. The van der Waals surface area contributed by atoms with E-state index in [9.17, 15) is 18.3 Å². The van der Waals surface area contributed by atoms with Crippen LogP contribution in [0.15, 0.2) is 30.5 Å². The number of hydrogen-bond donors (Lipinski definition) is 2. The molecule has 0 unspecified atom stereocenters. The highest BCUT2D eigenvalue weighted by Crippen LogP contribution is 2.29. The largest absolute Gasteiger partial charge is 0.573 e. The van der Waals surface area contributed by atoms with Crippen LogP contribution in [0, 0.1) is 5.92 Å². The van der Waals surface area contributed by atoms with Crippen molar-refractivity contribution in [2.45, 2.75) is 39.2 Å². The zero-order valence-corrected chi connectivity index (χ0v) is 15.7. The zero-order chi connectivity index (χ0) is 20.3. The number of benzene rings is 1. The van der Waals surface area contributed by atoms with Gasteiger partial charge < -0.3 is 20.1 Å². The molecular formula is C19H23F3N4O2. The van der Waals surface area contributed by atoms with Crippen molar-refractivity contribution < 1.29 is 23.0 Å². The molecule has 2 aromatic rings. The Morgan fingerprint density at radius 1 is 1.25 bits per heavy atom. The number of aromatic nitrogens is 2. The maximum atomic E-state index is 12.5. The number of fused-ring (bicyclic) bond motifs is 1. The van der Waals surface area contributed by atoms with Crippen molar-refractivity contribution in [1.82, 2.24) is 9.97 Å². The van der Waals surface area contributed by atoms with E-state index >= 15 is 0 Å². The van der Waals surface area contributed by atoms with Gasteiger partial charge in [-0.05, 0) is 41.7 Å². The van der Waals surface area contributed by atoms with Crippen molar-refractivity contribution in [2.75, 3.05) is 23.4 Å². The van der Waals surface area contributed by atoms with Crippen LogP contribution in [-0.4, -0.2) is 40.6 Å². The smallest absolute Gasteiger partial charge is 0.406 e. The van der Waals surface area contributed by atoms with Crippen molar-refractivity contribution in [2.24, 2.45) is 5.92 Å². The van der Waals surface area contributed by atoms with Gasteiger partial charge in [-0.3, -0.25) is 0 Å². The van der Waals surface area contributed by atoms with E-state index in [1.807, 2.05) is 18.7 Å². The van der Waals surface area contributed by atoms with Gasteiger partial charge in [-0.2, -0.15) is 4.98 Å². The third-order valence-corrected chi connectivity index (χ3v) is 4.70. The molecule has 9 heteroatoms. The van der Waals surface area contributed by atoms with Crippen LogP contribution in [0.1, 0.15) is 25.0 Å². The van der Waals surface area contributed by atoms with E-state index in [0.29, 0.717) is 31.3 Å². The SMILES string of the molecule is CC(C)[C@H](CO)Nc1nccc(N2CCc3ccc(OC(F)(F)F)cc3C2)n1. The molecule has 0 bridgehead atoms. The van der Waals surface area contributed by atoms with E-state index in [4.69, 9.17) is 0 Å². The molecule has 0 aliphatic carbocycles. The first-order valence-electron chi connectivity index (χ1n) is 9.08. The Hall–Kier alpha value is -2.55. The molecule has 3 rings (SSSR count). The Bertz CT molecular complexity index is 814. The van der Waals surface area contributed by atoms with Gasteiger partial charge in [-0.25, -0.2) is 4.98 Å². The number of alkyl halides is 3. The van der Waals surface area contributed by atoms with Gasteiger partial charge in [-0.1, -0.05) is 19.9 Å². The second-order valence-electron chi connectivity index (χ2n) is 7.07. The summed E-state index contributed by atoms with van der Waals surface area (Å²) in [6.07, 6.45) is -2.40. The summed E-state index contributed by atoms with van der Waals surface area (Å²) in [6, 6.07) is 6.04. The number of nitrogens with zero attached hydrogens (tertiary/aromatic N) is 3. The number of halogens is 3. The van der Waals surface area contributed by atoms with Crippen LogP contribution in [0.4, 0.5) is 24.9 Å². The highest BCUT2D eigenvalue weighted by atomic mass is 19.4. The minimum Gasteiger partial charge on any atom is -0.406 e. The number of aliphatic hydroxyl groups excluding tert-OH is 1. The molecular weight excluding hydrogens is 373 g/mol. The third kappa shape index (κ3) is 5.03. The Labute approximate surface area is 161 Å². The molecule has 2 N–H and O–H groups in total. The minimum atomic E-state index is -4.71. The van der Waals surface area contributed by atoms with E-state index in [2.05, 4.69) is 20.0 Å². The average molecular weight is 396 g/mol. The lowest BCUT2D eigenvalue weighted by Crippen LogP contribution is -2.33. The number of ether oxygens (including phenoxy) is 1. The van der Waals surface area contributed by atoms with Crippen molar-refractivity contribution in [3.05, 3.63) is 41.6 Å². The summed E-state index contributed by atoms with van der Waals surface area (Å²) in [4.78, 5) is 10.7. The predicted octanol–water partition coefficient (Wildman–Crippen LogP) is 3.37. The maximum absolute atomic E-state index is 12.5. The van der Waals surface area contributed by atoms with Crippen LogP contribution in [0.25, 0.3) is 0 Å². The summed E-state index contributed by atoms with van der Waals surface area (Å²) in [7, 11) is 0. The Morgan fingerprint density at radius 3 is 2.71 bits per heavy atom. The standard InChI is InChI=1S/C19H23F3N4O2/c1-12(2)16(11-27)24-18-23-7-5-17(25-18)26-8-6-13-3-4-15(9-14(13)10-26)28-19(20,21)22/h3-5,7,9,12,16,27H,6,8,10-11H2,1-2H3,(H,23,24,25)/t16-/m0/s1. The van der Waals surface area contributed by atoms with E-state index < -0.39 is 6.36 Å². The van der Waals surface area contributed by atoms with Gasteiger partial charge in [-0.15, -0.1) is 13.2 Å². The van der Waals surface area contributed by atoms with Crippen LogP contribution < -0.4 is 15.0 Å². The first-order valence-corrected chi connectivity index (χ1v) is 9.08. The van der Waals surface area contributed by atoms with Crippen LogP contribution in [0.2, 0.25) is 0 Å². The third-order valence-electron chi connectivity index (χ3n) is 4.70. The quantitative estimate of drug-likeness (QED) is 0.780. The summed E-state index contributed by atoms with van der Waals surface area (Å²) in [5.74, 6) is 1.06. The molecule has 6 nitrogen and oxygen atoms in total. The monoisotopic (exact) mass is 396 g/mol. The fourth-order valence-electron chi connectivity index (χ4n) is 3.11. The molecule has 1 aromatic carbocycles. The number of rotatable bonds is 6. The average Bonchev–Trinajstić information content (AvgIpc) is 2.64. The fourth-order valence-corrected chi connectivity index (χ4v) is 3.11. The molecule has 2 heterocycles. The van der Waals surface area contributed by atoms with Gasteiger partial charge in [0, 0.05) is 19.3 Å². The van der Waals surface area contributed by atoms with Crippen molar-refractivity contribution in [1.29, 1.82) is 0 Å². The van der Waals surface area contributed by atoms with Gasteiger partial charge in [0.15, 0.2) is 0 Å². The van der Waals surface area contributed by atoms with E-state index in [1.165, 1.54) is 12.1 Å². The molecule has 0 amide bonds. The molecule has 0 radical (unpaired) electrons. The van der Waals surface area contributed by atoms with E-state index in [0.717, 1.165) is 11.1 Å². The molecule has 1 aromatic heterocycles. The number of nitrogens with one attached hydrogen (secondary N) is 1. The lowest BCUT2D eigenvalue weighted by atomic mass is 9.99. The van der Waals surface area contributed by atoms with Gasteiger partial charge in [0.25, 0.3) is 0 Å². The van der Waals surface area contributed by atoms with Crippen LogP contribution >= 0.6 is 0 Å². The summed E-state index contributed by atoms with van der Waals surface area (Å²) >= 11 is 0. The molecule has 28 heavy (non-hydrogen) atoms. The first kappa shape index (κ1) is 20.2. The molecule has 0 saturated carbocycles. The van der Waals surface area contributed by atoms with Crippen LogP contribution in [0.3, 0.4) is 0 Å². The van der Waals surface area contributed by atoms with Crippen LogP contribution in [-0.2, 0) is 13.0 Å². The lowest BCUT2D eigenvalue weighted by Gasteiger charge is -2.30. The Morgan fingerprint density at radius 2 is 2.04 bits per heavy atom. The van der Waals surface area contributed by atoms with Gasteiger partial charge in [0.1, 0.15) is 11.6 Å². The number of aliphatic hydroxyl groups is 1. The normalized spacial score (nSPS) is 15.3. The van der Waals surface area contributed by atoms with E-state index in [-0.39, 0.29) is 24.3 Å². The van der Waals surface area contributed by atoms with Gasteiger partial charge in [0.2, 0.25) is 5.95 Å². The van der Waals surface area contributed by atoms with Crippen molar-refractivity contribution >= 4 is 11.8 Å². The van der Waals surface area contributed by atoms with E-state index in [1.54, 1.807) is 18.3 Å². The first-order chi connectivity index (χ1) is 13.2. The Balaban J connectivity index is 1.76. The second-order valence-corrected chi connectivity index (χ2v) is 7.07. The molecule has 1 aliphatic rings. The molecule has 1 aliphatic heterocycles. The fraction of sp³-hybridized carbons (Fsp3) is 0.474. The highest BCUT2D eigenvalue weighted by molar-refractivity contribution is 5.48. The zero-order valence-electron chi connectivity index (χ0n) is 15.7. The van der Waals surface area contributed by atoms with Crippen molar-refractivity contribution in [3.8, 4) is 5.75 Å². The maximum Gasteiger partial charge on any atom is 0.573 e. The predicted molar refractivity (Wildman–Crippen MR) is 99.2 cm³/mol. The summed E-state index contributed by atoms with van der Waals surface area (Å²) in [5.41, 5.74) is 1.77. The molecule has 1 atom stereocenters. The molecule has 152 valence electrons. The summed E-state index contributed by atoms with van der Waals surface area (Å²) in [6.45, 7) is 5.05. The lowest BCUT2D eigenvalue weighted by molar-refractivity contribution is -0.274. The topological polar surface area (TPSA) is 70.5 Å². The highest BCUT2D eigenvalue weighted by Gasteiger charge is 2.31. The summed E-state index contributed by atoms with van der Waals surface area (Å²) < 4.78 is 41.5.